The highest BCUT2D eigenvalue weighted by molar-refractivity contribution is 9.10. The molecule has 1 heterocycles. The molecule has 2 nitrogen and oxygen atoms in total. The largest absolute Gasteiger partial charge is 0.300 e. The molecular formula is C25H27BrN2. The molecule has 144 valence electrons. The van der Waals surface area contributed by atoms with E-state index in [2.05, 4.69) is 118 Å². The predicted octanol–water partition coefficient (Wildman–Crippen LogP) is 5.40. The van der Waals surface area contributed by atoms with Gasteiger partial charge >= 0.3 is 0 Å². The molecule has 0 bridgehead atoms. The van der Waals surface area contributed by atoms with E-state index in [0.29, 0.717) is 12.0 Å². The molecule has 28 heavy (non-hydrogen) atoms. The normalized spacial score (nSPS) is 18.5. The van der Waals surface area contributed by atoms with Crippen LogP contribution in [-0.4, -0.2) is 42.5 Å². The first-order valence-corrected chi connectivity index (χ1v) is 10.8. The SMILES string of the molecule is CN1CCN(Cc2ccccc2Br)CC1C(c1ccccc1)c1ccccc1. The van der Waals surface area contributed by atoms with E-state index in [1.165, 1.54) is 21.2 Å². The van der Waals surface area contributed by atoms with E-state index in [1.54, 1.807) is 0 Å². The third-order valence-corrected chi connectivity index (χ3v) is 6.61. The second-order valence-corrected chi connectivity index (χ2v) is 8.53. The van der Waals surface area contributed by atoms with Crippen LogP contribution in [0.4, 0.5) is 0 Å². The topological polar surface area (TPSA) is 6.48 Å². The third-order valence-electron chi connectivity index (χ3n) is 5.83. The first-order valence-electron chi connectivity index (χ1n) is 9.98. The van der Waals surface area contributed by atoms with Crippen molar-refractivity contribution in [1.29, 1.82) is 0 Å². The van der Waals surface area contributed by atoms with Gasteiger partial charge in [-0.15, -0.1) is 0 Å². The average Bonchev–Trinajstić information content (AvgIpc) is 2.74. The van der Waals surface area contributed by atoms with Gasteiger partial charge in [0.15, 0.2) is 0 Å². The zero-order chi connectivity index (χ0) is 19.3. The molecule has 1 unspecified atom stereocenters. The van der Waals surface area contributed by atoms with Gasteiger partial charge in [0.1, 0.15) is 0 Å². The lowest BCUT2D eigenvalue weighted by Crippen LogP contribution is -2.53. The van der Waals surface area contributed by atoms with Crippen molar-refractivity contribution in [3.05, 3.63) is 106 Å². The molecule has 0 N–H and O–H groups in total. The van der Waals surface area contributed by atoms with Crippen molar-refractivity contribution in [1.82, 2.24) is 9.80 Å². The molecule has 3 heteroatoms. The average molecular weight is 435 g/mol. The molecule has 1 aliphatic rings. The second-order valence-electron chi connectivity index (χ2n) is 7.67. The van der Waals surface area contributed by atoms with Crippen LogP contribution in [0.25, 0.3) is 0 Å². The van der Waals surface area contributed by atoms with Crippen molar-refractivity contribution >= 4 is 15.9 Å². The van der Waals surface area contributed by atoms with Crippen LogP contribution in [-0.2, 0) is 6.54 Å². The van der Waals surface area contributed by atoms with Gasteiger partial charge in [-0.25, -0.2) is 0 Å². The molecule has 0 aliphatic carbocycles. The molecule has 1 aliphatic heterocycles. The second kappa shape index (κ2) is 9.04. The maximum Gasteiger partial charge on any atom is 0.0330 e. The van der Waals surface area contributed by atoms with Crippen LogP contribution >= 0.6 is 15.9 Å². The van der Waals surface area contributed by atoms with Gasteiger partial charge in [0, 0.05) is 42.6 Å². The molecule has 3 aromatic carbocycles. The Labute approximate surface area is 176 Å². The molecule has 4 rings (SSSR count). The van der Waals surface area contributed by atoms with Crippen LogP contribution < -0.4 is 0 Å². The highest BCUT2D eigenvalue weighted by atomic mass is 79.9. The van der Waals surface area contributed by atoms with Crippen molar-refractivity contribution in [2.75, 3.05) is 26.7 Å². The fourth-order valence-corrected chi connectivity index (χ4v) is 4.70. The summed E-state index contributed by atoms with van der Waals surface area (Å²) in [5.74, 6) is 0.370. The van der Waals surface area contributed by atoms with Crippen molar-refractivity contribution in [2.24, 2.45) is 0 Å². The first-order chi connectivity index (χ1) is 13.7. The van der Waals surface area contributed by atoms with Gasteiger partial charge in [0.25, 0.3) is 0 Å². The summed E-state index contributed by atoms with van der Waals surface area (Å²) in [6, 6.07) is 31.0. The Morgan fingerprint density at radius 1 is 0.821 bits per heavy atom. The molecule has 1 saturated heterocycles. The summed E-state index contributed by atoms with van der Waals surface area (Å²) in [6.45, 7) is 4.24. The first kappa shape index (κ1) is 19.4. The number of hydrogen-bond acceptors (Lipinski definition) is 2. The molecule has 0 saturated carbocycles. The Morgan fingerprint density at radius 3 is 2.00 bits per heavy atom. The lowest BCUT2D eigenvalue weighted by Gasteiger charge is -2.43. The lowest BCUT2D eigenvalue weighted by atomic mass is 9.83. The Balaban J connectivity index is 1.62. The van der Waals surface area contributed by atoms with E-state index in [1.807, 2.05) is 0 Å². The van der Waals surface area contributed by atoms with Crippen LogP contribution in [0.15, 0.2) is 89.4 Å². The summed E-state index contributed by atoms with van der Waals surface area (Å²) in [5.41, 5.74) is 4.16. The minimum absolute atomic E-state index is 0.370. The summed E-state index contributed by atoms with van der Waals surface area (Å²) < 4.78 is 1.20. The van der Waals surface area contributed by atoms with Crippen LogP contribution in [0.5, 0.6) is 0 Å². The van der Waals surface area contributed by atoms with Crippen LogP contribution in [0.1, 0.15) is 22.6 Å². The Hall–Kier alpha value is -1.94. The molecular weight excluding hydrogens is 408 g/mol. The van der Waals surface area contributed by atoms with Gasteiger partial charge in [-0.3, -0.25) is 9.80 Å². The predicted molar refractivity (Wildman–Crippen MR) is 121 cm³/mol. The number of hydrogen-bond donors (Lipinski definition) is 0. The van der Waals surface area contributed by atoms with Crippen LogP contribution in [0, 0.1) is 0 Å². The lowest BCUT2D eigenvalue weighted by molar-refractivity contribution is 0.0814. The highest BCUT2D eigenvalue weighted by Gasteiger charge is 2.33. The third kappa shape index (κ3) is 4.38. The monoisotopic (exact) mass is 434 g/mol. The number of halogens is 1. The molecule has 0 radical (unpaired) electrons. The molecule has 1 fully saturated rings. The quantitative estimate of drug-likeness (QED) is 0.530. The molecule has 1 atom stereocenters. The Morgan fingerprint density at radius 2 is 1.39 bits per heavy atom. The maximum atomic E-state index is 3.72. The Bertz CT molecular complexity index is 842. The number of likely N-dealkylation sites (N-methyl/N-ethyl adjacent to an activating group) is 1. The van der Waals surface area contributed by atoms with Gasteiger partial charge in [-0.05, 0) is 29.8 Å². The molecule has 0 spiro atoms. The van der Waals surface area contributed by atoms with E-state index in [4.69, 9.17) is 0 Å². The van der Waals surface area contributed by atoms with E-state index >= 15 is 0 Å². The van der Waals surface area contributed by atoms with Gasteiger partial charge < -0.3 is 0 Å². The van der Waals surface area contributed by atoms with Crippen molar-refractivity contribution in [3.8, 4) is 0 Å². The van der Waals surface area contributed by atoms with E-state index < -0.39 is 0 Å². The summed E-state index contributed by atoms with van der Waals surface area (Å²) in [4.78, 5) is 5.14. The standard InChI is InChI=1S/C25H27BrN2/c1-27-16-17-28(18-22-14-8-9-15-23(22)26)19-24(27)25(20-10-4-2-5-11-20)21-12-6-3-7-13-21/h2-15,24-25H,16-19H2,1H3. The highest BCUT2D eigenvalue weighted by Crippen LogP contribution is 2.33. The summed E-state index contributed by atoms with van der Waals surface area (Å²) in [5, 5.41) is 0. The zero-order valence-electron chi connectivity index (χ0n) is 16.3. The fraction of sp³-hybridized carbons (Fsp3) is 0.280. The fourth-order valence-electron chi connectivity index (χ4n) is 4.29. The number of rotatable bonds is 5. The summed E-state index contributed by atoms with van der Waals surface area (Å²) in [6.07, 6.45) is 0. The summed E-state index contributed by atoms with van der Waals surface area (Å²) in [7, 11) is 2.28. The number of piperazine rings is 1. The van der Waals surface area contributed by atoms with Gasteiger partial charge in [-0.2, -0.15) is 0 Å². The Kier molecular flexibility index (Phi) is 6.26. The van der Waals surface area contributed by atoms with Gasteiger partial charge in [0.2, 0.25) is 0 Å². The van der Waals surface area contributed by atoms with Crippen LogP contribution in [0.3, 0.4) is 0 Å². The van der Waals surface area contributed by atoms with Crippen molar-refractivity contribution < 1.29 is 0 Å². The number of benzene rings is 3. The van der Waals surface area contributed by atoms with Gasteiger partial charge in [0.05, 0.1) is 0 Å². The minimum Gasteiger partial charge on any atom is -0.300 e. The zero-order valence-corrected chi connectivity index (χ0v) is 17.9. The van der Waals surface area contributed by atoms with Gasteiger partial charge in [-0.1, -0.05) is 94.8 Å². The molecule has 0 aromatic heterocycles. The smallest absolute Gasteiger partial charge is 0.0330 e. The molecule has 0 amide bonds. The maximum absolute atomic E-state index is 3.72. The summed E-state index contributed by atoms with van der Waals surface area (Å²) >= 11 is 3.72. The number of nitrogens with zero attached hydrogens (tertiary/aromatic N) is 2. The van der Waals surface area contributed by atoms with Crippen molar-refractivity contribution in [3.63, 3.8) is 0 Å². The van der Waals surface area contributed by atoms with E-state index in [0.717, 1.165) is 26.2 Å². The van der Waals surface area contributed by atoms with E-state index in [9.17, 15) is 0 Å². The van der Waals surface area contributed by atoms with Crippen LogP contribution in [0.2, 0.25) is 0 Å². The minimum atomic E-state index is 0.370. The molecule has 3 aromatic rings. The van der Waals surface area contributed by atoms with E-state index in [-0.39, 0.29) is 0 Å². The van der Waals surface area contributed by atoms with Crippen molar-refractivity contribution in [2.45, 2.75) is 18.5 Å².